The van der Waals surface area contributed by atoms with Gasteiger partial charge in [0.05, 0.1) is 25.4 Å². The van der Waals surface area contributed by atoms with Crippen LogP contribution in [0.15, 0.2) is 12.2 Å². The summed E-state index contributed by atoms with van der Waals surface area (Å²) in [6.07, 6.45) is 43.0. The quantitative estimate of drug-likeness (QED) is 0.0335. The Kier molecular flexibility index (Phi) is 39.2. The van der Waals surface area contributed by atoms with Gasteiger partial charge in [0, 0.05) is 12.8 Å². The van der Waals surface area contributed by atoms with Crippen molar-refractivity contribution in [1.82, 2.24) is 5.32 Å². The van der Waals surface area contributed by atoms with Crippen molar-refractivity contribution in [3.05, 3.63) is 12.2 Å². The largest absolute Gasteiger partial charge is 0.466 e. The molecular weight excluding hydrogens is 622 g/mol. The highest BCUT2D eigenvalue weighted by atomic mass is 16.5. The highest BCUT2D eigenvalue weighted by Gasteiger charge is 2.20. The fourth-order valence-electron chi connectivity index (χ4n) is 6.62. The van der Waals surface area contributed by atoms with Crippen LogP contribution in [0.3, 0.4) is 0 Å². The van der Waals surface area contributed by atoms with E-state index in [4.69, 9.17) is 4.74 Å². The summed E-state index contributed by atoms with van der Waals surface area (Å²) in [5.41, 5.74) is 0. The normalized spacial score (nSPS) is 12.8. The minimum absolute atomic E-state index is 0.0210. The molecule has 0 aliphatic carbocycles. The summed E-state index contributed by atoms with van der Waals surface area (Å²) in [6, 6.07) is -0.550. The number of unbranched alkanes of at least 4 members (excludes halogenated alkanes) is 27. The Balaban J connectivity index is 3.47. The summed E-state index contributed by atoms with van der Waals surface area (Å²) in [6.45, 7) is 4.85. The van der Waals surface area contributed by atoms with Gasteiger partial charge in [0.25, 0.3) is 0 Å². The smallest absolute Gasteiger partial charge is 0.305 e. The molecule has 2 atom stereocenters. The van der Waals surface area contributed by atoms with Gasteiger partial charge in [0.1, 0.15) is 0 Å². The van der Waals surface area contributed by atoms with Crippen molar-refractivity contribution in [2.45, 2.75) is 244 Å². The molecule has 0 radical (unpaired) electrons. The lowest BCUT2D eigenvalue weighted by Gasteiger charge is -2.22. The maximum absolute atomic E-state index is 12.4. The van der Waals surface area contributed by atoms with Crippen LogP contribution in [0.25, 0.3) is 0 Å². The van der Waals surface area contributed by atoms with E-state index in [9.17, 15) is 19.8 Å². The fraction of sp³-hybridized carbons (Fsp3) is 0.909. The second kappa shape index (κ2) is 40.4. The van der Waals surface area contributed by atoms with E-state index in [1.807, 2.05) is 0 Å². The second-order valence-electron chi connectivity index (χ2n) is 15.0. The summed E-state index contributed by atoms with van der Waals surface area (Å²) in [4.78, 5) is 24.3. The lowest BCUT2D eigenvalue weighted by Crippen LogP contribution is -2.45. The molecule has 296 valence electrons. The van der Waals surface area contributed by atoms with Gasteiger partial charge in [-0.1, -0.05) is 187 Å². The number of nitrogens with one attached hydrogen (secondary N) is 1. The van der Waals surface area contributed by atoms with Gasteiger partial charge in [0.15, 0.2) is 0 Å². The monoisotopic (exact) mass is 708 g/mol. The van der Waals surface area contributed by atoms with E-state index >= 15 is 0 Å². The van der Waals surface area contributed by atoms with Crippen LogP contribution in [0.5, 0.6) is 0 Å². The van der Waals surface area contributed by atoms with E-state index in [1.165, 1.54) is 141 Å². The Labute approximate surface area is 310 Å². The molecule has 0 heterocycles. The summed E-state index contributed by atoms with van der Waals surface area (Å²) in [5.74, 6) is -0.0745. The number of ether oxygens (including phenoxy) is 1. The molecule has 0 bridgehead atoms. The molecule has 0 spiro atoms. The molecule has 0 rings (SSSR count). The molecule has 0 aliphatic rings. The van der Waals surface area contributed by atoms with Crippen molar-refractivity contribution < 1.29 is 24.5 Å². The number of hydrogen-bond donors (Lipinski definition) is 3. The predicted molar refractivity (Wildman–Crippen MR) is 213 cm³/mol. The molecule has 0 saturated carbocycles. The molecule has 0 aliphatic heterocycles. The van der Waals surface area contributed by atoms with E-state index in [0.717, 1.165) is 57.8 Å². The van der Waals surface area contributed by atoms with Gasteiger partial charge in [-0.05, 0) is 44.9 Å². The average Bonchev–Trinajstić information content (AvgIpc) is 3.11. The first-order chi connectivity index (χ1) is 24.5. The van der Waals surface area contributed by atoms with Crippen LogP contribution < -0.4 is 5.32 Å². The molecule has 0 aromatic heterocycles. The zero-order valence-electron chi connectivity index (χ0n) is 33.4. The van der Waals surface area contributed by atoms with Crippen molar-refractivity contribution in [3.8, 4) is 0 Å². The van der Waals surface area contributed by atoms with Gasteiger partial charge < -0.3 is 20.3 Å². The fourth-order valence-corrected chi connectivity index (χ4v) is 6.62. The number of aliphatic hydroxyl groups is 2. The number of esters is 1. The third kappa shape index (κ3) is 36.4. The van der Waals surface area contributed by atoms with Crippen LogP contribution in [0.2, 0.25) is 0 Å². The molecule has 3 N–H and O–H groups in total. The third-order valence-corrected chi connectivity index (χ3v) is 10.1. The summed E-state index contributed by atoms with van der Waals surface area (Å²) >= 11 is 0. The minimum Gasteiger partial charge on any atom is -0.466 e. The Bertz CT molecular complexity index is 742. The minimum atomic E-state index is -0.671. The number of carbonyl (C=O) groups is 2. The number of rotatable bonds is 40. The van der Waals surface area contributed by atoms with E-state index in [0.29, 0.717) is 25.9 Å². The zero-order chi connectivity index (χ0) is 36.6. The molecule has 6 heteroatoms. The van der Waals surface area contributed by atoms with Gasteiger partial charge >= 0.3 is 5.97 Å². The van der Waals surface area contributed by atoms with Crippen LogP contribution in [-0.4, -0.2) is 47.4 Å². The number of allylic oxidation sites excluding steroid dienone is 2. The van der Waals surface area contributed by atoms with Crippen LogP contribution in [0.1, 0.15) is 232 Å². The van der Waals surface area contributed by atoms with Crippen molar-refractivity contribution in [3.63, 3.8) is 0 Å². The van der Waals surface area contributed by atoms with Gasteiger partial charge in [-0.3, -0.25) is 9.59 Å². The van der Waals surface area contributed by atoms with Gasteiger partial charge in [-0.15, -0.1) is 0 Å². The maximum Gasteiger partial charge on any atom is 0.305 e. The van der Waals surface area contributed by atoms with E-state index in [2.05, 4.69) is 31.3 Å². The molecule has 0 saturated heterocycles. The Morgan fingerprint density at radius 3 is 1.48 bits per heavy atom. The first-order valence-corrected chi connectivity index (χ1v) is 21.9. The van der Waals surface area contributed by atoms with E-state index in [-0.39, 0.29) is 18.5 Å². The predicted octanol–water partition coefficient (Wildman–Crippen LogP) is 12.2. The summed E-state index contributed by atoms with van der Waals surface area (Å²) < 4.78 is 5.42. The van der Waals surface area contributed by atoms with Crippen LogP contribution >= 0.6 is 0 Å². The van der Waals surface area contributed by atoms with Gasteiger partial charge in [0.2, 0.25) is 5.91 Å². The van der Waals surface area contributed by atoms with Crippen LogP contribution in [0, 0.1) is 0 Å². The molecule has 6 nitrogen and oxygen atoms in total. The van der Waals surface area contributed by atoms with E-state index < -0.39 is 12.1 Å². The average molecular weight is 708 g/mol. The maximum atomic E-state index is 12.4. The highest BCUT2D eigenvalue weighted by Crippen LogP contribution is 2.15. The van der Waals surface area contributed by atoms with Crippen LogP contribution in [-0.2, 0) is 14.3 Å². The number of aliphatic hydroxyl groups excluding tert-OH is 2. The molecule has 1 amide bonds. The van der Waals surface area contributed by atoms with Crippen molar-refractivity contribution >= 4 is 11.9 Å². The Morgan fingerprint density at radius 1 is 0.540 bits per heavy atom. The van der Waals surface area contributed by atoms with Gasteiger partial charge in [-0.25, -0.2) is 0 Å². The van der Waals surface area contributed by atoms with Crippen molar-refractivity contribution in [2.75, 3.05) is 13.2 Å². The van der Waals surface area contributed by atoms with Crippen LogP contribution in [0.4, 0.5) is 0 Å². The Morgan fingerprint density at radius 2 is 0.960 bits per heavy atom. The lowest BCUT2D eigenvalue weighted by molar-refractivity contribution is -0.143. The SMILES string of the molecule is CCCC/C=C\CCCCCCCC(=O)OCCCCCCCCCCCCCCC(=O)NC(CO)C(O)CCCCCCCCCCCC. The highest BCUT2D eigenvalue weighted by molar-refractivity contribution is 5.76. The summed E-state index contributed by atoms with van der Waals surface area (Å²) in [7, 11) is 0. The molecule has 0 aromatic rings. The first-order valence-electron chi connectivity index (χ1n) is 21.9. The van der Waals surface area contributed by atoms with Crippen molar-refractivity contribution in [2.24, 2.45) is 0 Å². The number of carbonyl (C=O) groups excluding carboxylic acids is 2. The number of amides is 1. The standard InChI is InChI=1S/C44H85NO5/c1-3-5-7-9-11-13-17-22-26-30-34-38-44(49)50-39-35-31-27-23-19-16-15-18-21-25-29-33-37-43(48)45-41(40-46)42(47)36-32-28-24-20-14-12-10-8-6-4-2/h9,11,41-42,46-47H,3-8,10,12-40H2,1-2H3,(H,45,48)/b11-9-. The van der Waals surface area contributed by atoms with Crippen molar-refractivity contribution in [1.29, 1.82) is 0 Å². The molecule has 50 heavy (non-hydrogen) atoms. The number of hydrogen-bond acceptors (Lipinski definition) is 5. The molecule has 0 fully saturated rings. The van der Waals surface area contributed by atoms with E-state index in [1.54, 1.807) is 0 Å². The molecular formula is C44H85NO5. The zero-order valence-corrected chi connectivity index (χ0v) is 33.4. The summed E-state index contributed by atoms with van der Waals surface area (Å²) in [5, 5.41) is 23.0. The molecule has 0 aromatic carbocycles. The topological polar surface area (TPSA) is 95.9 Å². The molecule has 2 unspecified atom stereocenters. The van der Waals surface area contributed by atoms with Gasteiger partial charge in [-0.2, -0.15) is 0 Å². The third-order valence-electron chi connectivity index (χ3n) is 10.1. The first kappa shape index (κ1) is 48.6. The lowest BCUT2D eigenvalue weighted by atomic mass is 10.0. The second-order valence-corrected chi connectivity index (χ2v) is 15.0. The Hall–Kier alpha value is -1.40.